The average molecular weight is 611 g/mol. The van der Waals surface area contributed by atoms with Gasteiger partial charge in [0.1, 0.15) is 12.6 Å². The number of benzene rings is 3. The van der Waals surface area contributed by atoms with Crippen molar-refractivity contribution in [3.63, 3.8) is 0 Å². The maximum atomic E-state index is 13.9. The van der Waals surface area contributed by atoms with Crippen LogP contribution in [0.1, 0.15) is 26.3 Å². The Kier molecular flexibility index (Phi) is 10.7. The average Bonchev–Trinajstić information content (AvgIpc) is 2.90. The van der Waals surface area contributed by atoms with E-state index in [-0.39, 0.29) is 29.0 Å². The highest BCUT2D eigenvalue weighted by molar-refractivity contribution is 7.92. The number of carbonyl (C=O) groups excluding carboxylic acids is 2. The molecule has 0 aliphatic carbocycles. The summed E-state index contributed by atoms with van der Waals surface area (Å²) in [6.07, 6.45) is 0. The van der Waals surface area contributed by atoms with Gasteiger partial charge >= 0.3 is 0 Å². The van der Waals surface area contributed by atoms with Crippen molar-refractivity contribution in [1.82, 2.24) is 10.2 Å². The van der Waals surface area contributed by atoms with E-state index in [1.165, 1.54) is 41.3 Å². The van der Waals surface area contributed by atoms with Gasteiger partial charge in [0.15, 0.2) is 0 Å². The highest BCUT2D eigenvalue weighted by Crippen LogP contribution is 2.28. The highest BCUT2D eigenvalue weighted by Gasteiger charge is 2.33. The van der Waals surface area contributed by atoms with Gasteiger partial charge in [-0.1, -0.05) is 72.9 Å². The molecule has 2 amide bonds. The van der Waals surface area contributed by atoms with Crippen LogP contribution in [-0.4, -0.2) is 44.3 Å². The van der Waals surface area contributed by atoms with Gasteiger partial charge in [0.2, 0.25) is 11.8 Å². The maximum Gasteiger partial charge on any atom is 0.264 e. The van der Waals surface area contributed by atoms with Crippen LogP contribution in [-0.2, 0) is 26.2 Å². The minimum Gasteiger partial charge on any atom is -0.354 e. The number of halogens is 3. The molecule has 0 fully saturated rings. The third-order valence-electron chi connectivity index (χ3n) is 5.97. The van der Waals surface area contributed by atoms with Gasteiger partial charge < -0.3 is 10.2 Å². The van der Waals surface area contributed by atoms with Crippen LogP contribution in [0.15, 0.2) is 77.7 Å². The summed E-state index contributed by atoms with van der Waals surface area (Å²) in [5, 5.41) is 3.89. The molecule has 7 nitrogen and oxygen atoms in total. The van der Waals surface area contributed by atoms with E-state index in [9.17, 15) is 18.0 Å². The summed E-state index contributed by atoms with van der Waals surface area (Å²) in [4.78, 5) is 28.3. The first-order chi connectivity index (χ1) is 18.4. The zero-order valence-electron chi connectivity index (χ0n) is 21.8. The number of hydrogen-bond acceptors (Lipinski definition) is 4. The van der Waals surface area contributed by atoms with Gasteiger partial charge in [0, 0.05) is 33.7 Å². The summed E-state index contributed by atoms with van der Waals surface area (Å²) in [5.41, 5.74) is 0.686. The maximum absolute atomic E-state index is 13.9. The summed E-state index contributed by atoms with van der Waals surface area (Å²) in [6.45, 7) is 5.22. The number of nitrogens with zero attached hydrogens (tertiary/aromatic N) is 2. The quantitative estimate of drug-likeness (QED) is 0.287. The summed E-state index contributed by atoms with van der Waals surface area (Å²) < 4.78 is 28.4. The molecule has 0 radical (unpaired) electrons. The molecular formula is C28H30Cl3N3O4S. The van der Waals surface area contributed by atoms with Crippen molar-refractivity contribution in [2.75, 3.05) is 17.4 Å². The molecule has 3 rings (SSSR count). The van der Waals surface area contributed by atoms with Crippen molar-refractivity contribution in [2.45, 2.75) is 38.3 Å². The van der Waals surface area contributed by atoms with Crippen molar-refractivity contribution in [1.29, 1.82) is 0 Å². The third kappa shape index (κ3) is 7.88. The molecule has 11 heteroatoms. The van der Waals surface area contributed by atoms with E-state index < -0.39 is 28.5 Å². The molecule has 0 aliphatic rings. The van der Waals surface area contributed by atoms with Crippen molar-refractivity contribution >= 4 is 62.3 Å². The first-order valence-electron chi connectivity index (χ1n) is 12.2. The second-order valence-corrected chi connectivity index (χ2v) is 12.5. The van der Waals surface area contributed by atoms with E-state index in [0.29, 0.717) is 27.2 Å². The molecule has 0 spiro atoms. The lowest BCUT2D eigenvalue weighted by atomic mass is 10.1. The van der Waals surface area contributed by atoms with Gasteiger partial charge in [-0.25, -0.2) is 8.42 Å². The molecule has 0 heterocycles. The van der Waals surface area contributed by atoms with Crippen LogP contribution in [0.5, 0.6) is 0 Å². The molecule has 0 aromatic heterocycles. The van der Waals surface area contributed by atoms with Crippen LogP contribution < -0.4 is 9.62 Å². The lowest BCUT2D eigenvalue weighted by molar-refractivity contribution is -0.139. The van der Waals surface area contributed by atoms with Crippen molar-refractivity contribution in [2.24, 2.45) is 5.92 Å². The van der Waals surface area contributed by atoms with Gasteiger partial charge in [0.05, 0.1) is 10.6 Å². The van der Waals surface area contributed by atoms with Crippen LogP contribution in [0.25, 0.3) is 0 Å². The number of rotatable bonds is 11. The number of hydrogen-bond donors (Lipinski definition) is 1. The van der Waals surface area contributed by atoms with E-state index >= 15 is 0 Å². The Labute approximate surface area is 244 Å². The lowest BCUT2D eigenvalue weighted by Gasteiger charge is -2.32. The monoisotopic (exact) mass is 609 g/mol. The lowest BCUT2D eigenvalue weighted by Crippen LogP contribution is -2.51. The molecule has 208 valence electrons. The van der Waals surface area contributed by atoms with Crippen molar-refractivity contribution < 1.29 is 18.0 Å². The minimum absolute atomic E-state index is 0.0103. The number of anilines is 1. The van der Waals surface area contributed by atoms with E-state index in [1.54, 1.807) is 43.3 Å². The number of nitrogens with one attached hydrogen (secondary N) is 1. The molecule has 0 bridgehead atoms. The second kappa shape index (κ2) is 13.5. The Morgan fingerprint density at radius 1 is 0.846 bits per heavy atom. The predicted octanol–water partition coefficient (Wildman–Crippen LogP) is 6.03. The highest BCUT2D eigenvalue weighted by atomic mass is 35.5. The SMILES string of the molecule is CC(C)CNC(=O)C(C)N(Cc1c(Cl)cccc1Cl)C(=O)CN(c1ccc(Cl)cc1)S(=O)(=O)c1ccccc1. The standard InChI is InChI=1S/C28H30Cl3N3O4S/c1-19(2)16-32-28(36)20(3)33(17-24-25(30)10-7-11-26(24)31)27(35)18-34(22-14-12-21(29)13-15-22)39(37,38)23-8-5-4-6-9-23/h4-15,19-20H,16-18H2,1-3H3,(H,32,36). The van der Waals surface area contributed by atoms with E-state index in [0.717, 1.165) is 4.31 Å². The number of sulfonamides is 1. The van der Waals surface area contributed by atoms with Gasteiger partial charge in [-0.3, -0.25) is 13.9 Å². The predicted molar refractivity (Wildman–Crippen MR) is 157 cm³/mol. The summed E-state index contributed by atoms with van der Waals surface area (Å²) in [6, 6.07) is 17.9. The zero-order valence-corrected chi connectivity index (χ0v) is 24.9. The van der Waals surface area contributed by atoms with Crippen LogP contribution in [0.4, 0.5) is 5.69 Å². The summed E-state index contributed by atoms with van der Waals surface area (Å²) in [7, 11) is -4.16. The van der Waals surface area contributed by atoms with Gasteiger partial charge in [-0.05, 0) is 61.4 Å². The molecular weight excluding hydrogens is 581 g/mol. The van der Waals surface area contributed by atoms with E-state index in [1.807, 2.05) is 13.8 Å². The molecule has 3 aromatic rings. The molecule has 0 saturated heterocycles. The van der Waals surface area contributed by atoms with Crippen LogP contribution in [0.2, 0.25) is 15.1 Å². The van der Waals surface area contributed by atoms with Crippen LogP contribution in [0, 0.1) is 5.92 Å². The van der Waals surface area contributed by atoms with Crippen molar-refractivity contribution in [3.05, 3.63) is 93.4 Å². The fourth-order valence-electron chi connectivity index (χ4n) is 3.74. The fourth-order valence-corrected chi connectivity index (χ4v) is 5.82. The molecule has 0 aliphatic heterocycles. The largest absolute Gasteiger partial charge is 0.354 e. The van der Waals surface area contributed by atoms with Crippen LogP contribution in [0.3, 0.4) is 0 Å². The second-order valence-electron chi connectivity index (χ2n) is 9.34. The molecule has 39 heavy (non-hydrogen) atoms. The smallest absolute Gasteiger partial charge is 0.264 e. The molecule has 1 N–H and O–H groups in total. The number of amides is 2. The first kappa shape index (κ1) is 30.8. The number of carbonyl (C=O) groups is 2. The fraction of sp³-hybridized carbons (Fsp3) is 0.286. The van der Waals surface area contributed by atoms with E-state index in [2.05, 4.69) is 5.32 Å². The molecule has 1 unspecified atom stereocenters. The third-order valence-corrected chi connectivity index (χ3v) is 8.71. The summed E-state index contributed by atoms with van der Waals surface area (Å²) in [5.74, 6) is -0.809. The topological polar surface area (TPSA) is 86.8 Å². The normalized spacial score (nSPS) is 12.2. The van der Waals surface area contributed by atoms with Gasteiger partial charge in [-0.2, -0.15) is 0 Å². The van der Waals surface area contributed by atoms with Gasteiger partial charge in [0.25, 0.3) is 10.0 Å². The van der Waals surface area contributed by atoms with Crippen LogP contribution >= 0.6 is 34.8 Å². The van der Waals surface area contributed by atoms with Gasteiger partial charge in [-0.15, -0.1) is 0 Å². The zero-order chi connectivity index (χ0) is 28.7. The molecule has 1 atom stereocenters. The van der Waals surface area contributed by atoms with E-state index in [4.69, 9.17) is 34.8 Å². The summed E-state index contributed by atoms with van der Waals surface area (Å²) >= 11 is 18.8. The Morgan fingerprint density at radius 2 is 1.44 bits per heavy atom. The Bertz CT molecular complexity index is 1380. The Balaban J connectivity index is 2.03. The Hall–Kier alpha value is -2.78. The minimum atomic E-state index is -4.16. The first-order valence-corrected chi connectivity index (χ1v) is 14.8. The molecule has 3 aromatic carbocycles. The Morgan fingerprint density at radius 3 is 2.00 bits per heavy atom. The van der Waals surface area contributed by atoms with Crippen molar-refractivity contribution in [3.8, 4) is 0 Å². The molecule has 0 saturated carbocycles.